The fraction of sp³-hybridized carbons (Fsp3) is 1.00. The molecule has 0 aromatic rings. The average Bonchev–Trinajstić information content (AvgIpc) is 2.28. The summed E-state index contributed by atoms with van der Waals surface area (Å²) < 4.78 is 0. The summed E-state index contributed by atoms with van der Waals surface area (Å²) in [5.74, 6) is 0.305. The molecule has 4 nitrogen and oxygen atoms in total. The van der Waals surface area contributed by atoms with Crippen LogP contribution in [0.4, 0.5) is 0 Å². The molecular weight excluding hydrogens is 276 g/mol. The van der Waals surface area contributed by atoms with Gasteiger partial charge in [-0.15, -0.1) is 34.8 Å². The topological polar surface area (TPSA) is 63.9 Å². The maximum Gasteiger partial charge on any atom is 0.0802 e. The molecule has 0 radical (unpaired) electrons. The zero-order valence-corrected chi connectivity index (χ0v) is 11.2. The van der Waals surface area contributed by atoms with Gasteiger partial charge in [0.05, 0.1) is 18.3 Å². The Morgan fingerprint density at radius 2 is 0.938 bits per heavy atom. The van der Waals surface area contributed by atoms with E-state index in [2.05, 4.69) is 0 Å². The Hall–Kier alpha value is 0.710. The largest absolute Gasteiger partial charge is 0.391 e. The van der Waals surface area contributed by atoms with Crippen LogP contribution in [0.5, 0.6) is 0 Å². The number of hydrogen-bond donors (Lipinski definition) is 3. The standard InChI is InChI=1S/C9H18Cl3NO3/c10-1-7(14)4-13(5-8(15)2-11)6-9(16)3-12/h7-9,14-16H,1-6H2/t7-,8-,9+/m0/s1. The molecule has 0 saturated carbocycles. The highest BCUT2D eigenvalue weighted by molar-refractivity contribution is 6.18. The van der Waals surface area contributed by atoms with E-state index in [1.54, 1.807) is 4.90 Å². The number of aliphatic hydroxyl groups excluding tert-OH is 3. The van der Waals surface area contributed by atoms with Crippen molar-refractivity contribution in [2.75, 3.05) is 37.3 Å². The Bertz CT molecular complexity index is 148. The van der Waals surface area contributed by atoms with E-state index < -0.39 is 18.3 Å². The summed E-state index contributed by atoms with van der Waals surface area (Å²) in [6.07, 6.45) is -2.11. The second kappa shape index (κ2) is 9.71. The number of rotatable bonds is 9. The second-order valence-corrected chi connectivity index (χ2v) is 4.57. The molecule has 0 unspecified atom stereocenters. The fourth-order valence-corrected chi connectivity index (χ4v) is 1.56. The lowest BCUT2D eigenvalue weighted by Gasteiger charge is -2.27. The highest BCUT2D eigenvalue weighted by Crippen LogP contribution is 2.02. The lowest BCUT2D eigenvalue weighted by molar-refractivity contribution is 0.0556. The van der Waals surface area contributed by atoms with Gasteiger partial charge in [0.1, 0.15) is 0 Å². The Morgan fingerprint density at radius 3 is 1.12 bits per heavy atom. The van der Waals surface area contributed by atoms with E-state index >= 15 is 0 Å². The first-order valence-corrected chi connectivity index (χ1v) is 6.58. The maximum absolute atomic E-state index is 9.40. The van der Waals surface area contributed by atoms with Crippen LogP contribution in [0.15, 0.2) is 0 Å². The molecule has 0 aliphatic carbocycles. The van der Waals surface area contributed by atoms with Crippen molar-refractivity contribution in [3.05, 3.63) is 0 Å². The summed E-state index contributed by atoms with van der Waals surface area (Å²) in [5, 5.41) is 28.2. The van der Waals surface area contributed by atoms with Crippen molar-refractivity contribution in [2.24, 2.45) is 0 Å². The molecule has 98 valence electrons. The van der Waals surface area contributed by atoms with Crippen LogP contribution in [0.3, 0.4) is 0 Å². The molecule has 0 rings (SSSR count). The lowest BCUT2D eigenvalue weighted by atomic mass is 10.2. The number of alkyl halides is 3. The van der Waals surface area contributed by atoms with Gasteiger partial charge < -0.3 is 15.3 Å². The van der Waals surface area contributed by atoms with Crippen LogP contribution in [0.25, 0.3) is 0 Å². The third-order valence-corrected chi connectivity index (χ3v) is 3.01. The van der Waals surface area contributed by atoms with E-state index in [1.807, 2.05) is 0 Å². The Balaban J connectivity index is 4.15. The summed E-state index contributed by atoms with van der Waals surface area (Å²) >= 11 is 16.4. The molecule has 0 aromatic carbocycles. The average molecular weight is 295 g/mol. The van der Waals surface area contributed by atoms with Crippen LogP contribution >= 0.6 is 34.8 Å². The zero-order valence-electron chi connectivity index (χ0n) is 8.90. The van der Waals surface area contributed by atoms with Crippen LogP contribution in [-0.2, 0) is 0 Å². The third kappa shape index (κ3) is 7.90. The van der Waals surface area contributed by atoms with Gasteiger partial charge in [-0.2, -0.15) is 0 Å². The summed E-state index contributed by atoms with van der Waals surface area (Å²) in [4.78, 5) is 1.69. The minimum absolute atomic E-state index is 0.102. The molecule has 0 aliphatic heterocycles. The molecule has 0 bridgehead atoms. The monoisotopic (exact) mass is 293 g/mol. The first-order valence-electron chi connectivity index (χ1n) is 4.97. The van der Waals surface area contributed by atoms with E-state index in [9.17, 15) is 15.3 Å². The van der Waals surface area contributed by atoms with Gasteiger partial charge in [0.2, 0.25) is 0 Å². The Labute approximate surface area is 111 Å². The van der Waals surface area contributed by atoms with Gasteiger partial charge in [-0.3, -0.25) is 4.90 Å². The van der Waals surface area contributed by atoms with Gasteiger partial charge in [0.25, 0.3) is 0 Å². The van der Waals surface area contributed by atoms with Gasteiger partial charge in [-0.25, -0.2) is 0 Å². The van der Waals surface area contributed by atoms with Gasteiger partial charge in [-0.1, -0.05) is 0 Å². The summed E-state index contributed by atoms with van der Waals surface area (Å²) in [5.41, 5.74) is 0. The first-order chi connectivity index (χ1) is 7.53. The molecular formula is C9H18Cl3NO3. The van der Waals surface area contributed by atoms with Crippen molar-refractivity contribution in [1.29, 1.82) is 0 Å². The van der Waals surface area contributed by atoms with Crippen LogP contribution < -0.4 is 0 Å². The maximum atomic E-state index is 9.40. The van der Waals surface area contributed by atoms with Crippen molar-refractivity contribution < 1.29 is 15.3 Å². The van der Waals surface area contributed by atoms with Crippen LogP contribution in [0.2, 0.25) is 0 Å². The molecule has 3 atom stereocenters. The van der Waals surface area contributed by atoms with Gasteiger partial charge in [-0.05, 0) is 0 Å². The molecule has 0 amide bonds. The van der Waals surface area contributed by atoms with E-state index in [1.165, 1.54) is 0 Å². The van der Waals surface area contributed by atoms with Crippen molar-refractivity contribution in [1.82, 2.24) is 4.90 Å². The van der Waals surface area contributed by atoms with Crippen molar-refractivity contribution in [2.45, 2.75) is 18.3 Å². The van der Waals surface area contributed by atoms with Crippen molar-refractivity contribution >= 4 is 34.8 Å². The molecule has 0 heterocycles. The van der Waals surface area contributed by atoms with E-state index in [0.717, 1.165) is 0 Å². The fourth-order valence-electron chi connectivity index (χ4n) is 1.26. The number of aliphatic hydroxyl groups is 3. The Kier molecular flexibility index (Phi) is 10.1. The first kappa shape index (κ1) is 16.7. The quantitative estimate of drug-likeness (QED) is 0.527. The third-order valence-electron chi connectivity index (χ3n) is 1.94. The SMILES string of the molecule is O[C@H](CCl)CN(C[C@@H](O)CCl)C[C@@H](O)CCl. The molecule has 7 heteroatoms. The van der Waals surface area contributed by atoms with Crippen molar-refractivity contribution in [3.63, 3.8) is 0 Å². The van der Waals surface area contributed by atoms with Crippen LogP contribution in [0, 0.1) is 0 Å². The second-order valence-electron chi connectivity index (χ2n) is 3.64. The minimum atomic E-state index is -0.702. The molecule has 0 aromatic heterocycles. The molecule has 16 heavy (non-hydrogen) atoms. The number of nitrogens with zero attached hydrogens (tertiary/aromatic N) is 1. The lowest BCUT2D eigenvalue weighted by Crippen LogP contribution is -2.43. The number of halogens is 3. The number of hydrogen-bond acceptors (Lipinski definition) is 4. The highest BCUT2D eigenvalue weighted by Gasteiger charge is 2.17. The van der Waals surface area contributed by atoms with Crippen LogP contribution in [-0.4, -0.2) is 75.8 Å². The van der Waals surface area contributed by atoms with E-state index in [0.29, 0.717) is 0 Å². The van der Waals surface area contributed by atoms with Gasteiger partial charge in [0, 0.05) is 37.3 Å². The summed E-state index contributed by atoms with van der Waals surface area (Å²) in [6.45, 7) is 0.808. The Morgan fingerprint density at radius 1 is 0.688 bits per heavy atom. The smallest absolute Gasteiger partial charge is 0.0802 e. The van der Waals surface area contributed by atoms with Gasteiger partial charge >= 0.3 is 0 Å². The van der Waals surface area contributed by atoms with Crippen LogP contribution in [0.1, 0.15) is 0 Å². The molecule has 0 saturated heterocycles. The molecule has 0 aliphatic rings. The summed E-state index contributed by atoms with van der Waals surface area (Å²) in [6, 6.07) is 0. The normalized spacial score (nSPS) is 17.4. The van der Waals surface area contributed by atoms with Crippen molar-refractivity contribution in [3.8, 4) is 0 Å². The predicted octanol–water partition coefficient (Wildman–Crippen LogP) is 0.0875. The van der Waals surface area contributed by atoms with Gasteiger partial charge in [0.15, 0.2) is 0 Å². The van der Waals surface area contributed by atoms with E-state index in [-0.39, 0.29) is 37.3 Å². The predicted molar refractivity (Wildman–Crippen MR) is 66.6 cm³/mol. The molecule has 3 N–H and O–H groups in total. The minimum Gasteiger partial charge on any atom is -0.391 e. The summed E-state index contributed by atoms with van der Waals surface area (Å²) in [7, 11) is 0. The van der Waals surface area contributed by atoms with E-state index in [4.69, 9.17) is 34.8 Å². The molecule has 0 fully saturated rings. The molecule has 0 spiro atoms. The highest BCUT2D eigenvalue weighted by atomic mass is 35.5. The zero-order chi connectivity index (χ0) is 12.6.